The summed E-state index contributed by atoms with van der Waals surface area (Å²) in [4.78, 5) is 0. The number of piperidine rings is 1. The van der Waals surface area contributed by atoms with Gasteiger partial charge in [-0.3, -0.25) is 0 Å². The highest BCUT2D eigenvalue weighted by Crippen LogP contribution is 2.30. The first-order chi connectivity index (χ1) is 9.06. The Balaban J connectivity index is 1.99. The fourth-order valence-corrected chi connectivity index (χ4v) is 3.66. The highest BCUT2D eigenvalue weighted by Gasteiger charge is 2.27. The lowest BCUT2D eigenvalue weighted by Crippen LogP contribution is -2.38. The molecule has 1 aliphatic rings. The molecule has 4 nitrogen and oxygen atoms in total. The van der Waals surface area contributed by atoms with Crippen LogP contribution in [0, 0.1) is 0 Å². The fourth-order valence-electron chi connectivity index (χ4n) is 2.53. The lowest BCUT2D eigenvalue weighted by molar-refractivity contribution is 0.320. The lowest BCUT2D eigenvalue weighted by atomic mass is 9.90. The van der Waals surface area contributed by atoms with Crippen molar-refractivity contribution in [1.82, 2.24) is 4.31 Å². The van der Waals surface area contributed by atoms with Gasteiger partial charge >= 0.3 is 0 Å². The topological polar surface area (TPSA) is 46.6 Å². The molecule has 106 valence electrons. The van der Waals surface area contributed by atoms with Crippen LogP contribution in [0.1, 0.15) is 31.2 Å². The van der Waals surface area contributed by atoms with Crippen LogP contribution >= 0.6 is 0 Å². The van der Waals surface area contributed by atoms with Gasteiger partial charge in [-0.15, -0.1) is 0 Å². The zero-order valence-electron chi connectivity index (χ0n) is 11.5. The second kappa shape index (κ2) is 5.92. The quantitative estimate of drug-likeness (QED) is 0.851. The van der Waals surface area contributed by atoms with E-state index in [9.17, 15) is 8.42 Å². The molecule has 0 saturated carbocycles. The first-order valence-electron chi connectivity index (χ1n) is 6.68. The smallest absolute Gasteiger partial charge is 0.213 e. The number of ether oxygens (including phenoxy) is 1. The van der Waals surface area contributed by atoms with E-state index < -0.39 is 10.0 Å². The van der Waals surface area contributed by atoms with Gasteiger partial charge in [0, 0.05) is 13.1 Å². The molecule has 1 saturated heterocycles. The Bertz CT molecular complexity index is 502. The number of methoxy groups -OCH3 is 1. The molecule has 0 aliphatic carbocycles. The van der Waals surface area contributed by atoms with Gasteiger partial charge in [0.2, 0.25) is 10.0 Å². The Labute approximate surface area is 115 Å². The molecule has 0 aromatic heterocycles. The van der Waals surface area contributed by atoms with Crippen molar-refractivity contribution >= 4 is 10.0 Å². The summed E-state index contributed by atoms with van der Waals surface area (Å²) in [6.45, 7) is 2.96. The summed E-state index contributed by atoms with van der Waals surface area (Å²) in [5.74, 6) is 1.50. The Morgan fingerprint density at radius 2 is 1.79 bits per heavy atom. The monoisotopic (exact) mass is 283 g/mol. The third-order valence-corrected chi connectivity index (χ3v) is 5.68. The van der Waals surface area contributed by atoms with Crippen LogP contribution in [0.5, 0.6) is 5.75 Å². The average Bonchev–Trinajstić information content (AvgIpc) is 2.47. The second-order valence-corrected chi connectivity index (χ2v) is 7.10. The van der Waals surface area contributed by atoms with Crippen molar-refractivity contribution in [3.63, 3.8) is 0 Å². The Morgan fingerprint density at radius 3 is 2.26 bits per heavy atom. The van der Waals surface area contributed by atoms with Crippen LogP contribution in [0.4, 0.5) is 0 Å². The molecule has 1 aromatic rings. The molecule has 19 heavy (non-hydrogen) atoms. The van der Waals surface area contributed by atoms with Crippen LogP contribution in [-0.2, 0) is 10.0 Å². The van der Waals surface area contributed by atoms with E-state index in [1.807, 2.05) is 12.1 Å². The highest BCUT2D eigenvalue weighted by molar-refractivity contribution is 7.89. The lowest BCUT2D eigenvalue weighted by Gasteiger charge is -2.31. The molecule has 1 heterocycles. The molecule has 0 bridgehead atoms. The van der Waals surface area contributed by atoms with Crippen molar-refractivity contribution in [3.05, 3.63) is 29.8 Å². The van der Waals surface area contributed by atoms with Crippen LogP contribution in [0.15, 0.2) is 24.3 Å². The third-order valence-electron chi connectivity index (χ3n) is 3.80. The number of sulfonamides is 1. The van der Waals surface area contributed by atoms with Gasteiger partial charge < -0.3 is 4.74 Å². The summed E-state index contributed by atoms with van der Waals surface area (Å²) in [6.07, 6.45) is 1.79. The molecule has 1 fully saturated rings. The predicted molar refractivity (Wildman–Crippen MR) is 76.0 cm³/mol. The van der Waals surface area contributed by atoms with Gasteiger partial charge in [0.05, 0.1) is 12.9 Å². The van der Waals surface area contributed by atoms with Crippen molar-refractivity contribution < 1.29 is 13.2 Å². The predicted octanol–water partition coefficient (Wildman–Crippen LogP) is 2.22. The maximum Gasteiger partial charge on any atom is 0.213 e. The van der Waals surface area contributed by atoms with E-state index in [4.69, 9.17) is 4.74 Å². The van der Waals surface area contributed by atoms with E-state index in [1.54, 1.807) is 18.3 Å². The van der Waals surface area contributed by atoms with Crippen molar-refractivity contribution in [1.29, 1.82) is 0 Å². The van der Waals surface area contributed by atoms with Crippen LogP contribution < -0.4 is 4.74 Å². The summed E-state index contributed by atoms with van der Waals surface area (Å²) in [7, 11) is -1.37. The van der Waals surface area contributed by atoms with Gasteiger partial charge in [0.1, 0.15) is 5.75 Å². The Hall–Kier alpha value is -1.07. The summed E-state index contributed by atoms with van der Waals surface area (Å²) in [5, 5.41) is 0. The average molecular weight is 283 g/mol. The highest BCUT2D eigenvalue weighted by atomic mass is 32.2. The van der Waals surface area contributed by atoms with E-state index in [1.165, 1.54) is 5.56 Å². The van der Waals surface area contributed by atoms with E-state index in [0.29, 0.717) is 19.0 Å². The number of hydrogen-bond acceptors (Lipinski definition) is 3. The van der Waals surface area contributed by atoms with E-state index >= 15 is 0 Å². The minimum Gasteiger partial charge on any atom is -0.497 e. The number of nitrogens with zero attached hydrogens (tertiary/aromatic N) is 1. The first kappa shape index (κ1) is 14.3. The van der Waals surface area contributed by atoms with Crippen LogP contribution in [0.2, 0.25) is 0 Å². The van der Waals surface area contributed by atoms with Gasteiger partial charge in [-0.1, -0.05) is 12.1 Å². The SMILES string of the molecule is CCS(=O)(=O)N1CCC(c2ccc(OC)cc2)CC1. The third kappa shape index (κ3) is 3.28. The normalized spacial score (nSPS) is 18.4. The molecule has 0 spiro atoms. The fraction of sp³-hybridized carbons (Fsp3) is 0.571. The van der Waals surface area contributed by atoms with Gasteiger partial charge in [-0.25, -0.2) is 12.7 Å². The van der Waals surface area contributed by atoms with Gasteiger partial charge in [-0.2, -0.15) is 0 Å². The summed E-state index contributed by atoms with van der Waals surface area (Å²) < 4.78 is 30.3. The molecule has 1 aliphatic heterocycles. The van der Waals surface area contributed by atoms with Gasteiger partial charge in [0.15, 0.2) is 0 Å². The van der Waals surface area contributed by atoms with Crippen molar-refractivity contribution in [2.75, 3.05) is 26.0 Å². The van der Waals surface area contributed by atoms with Gasteiger partial charge in [-0.05, 0) is 43.4 Å². The van der Waals surface area contributed by atoms with Crippen LogP contribution in [0.3, 0.4) is 0 Å². The molecule has 5 heteroatoms. The maximum atomic E-state index is 11.8. The number of rotatable bonds is 4. The molecule has 0 amide bonds. The van der Waals surface area contributed by atoms with Crippen molar-refractivity contribution in [2.24, 2.45) is 0 Å². The first-order valence-corrected chi connectivity index (χ1v) is 8.29. The van der Waals surface area contributed by atoms with Crippen molar-refractivity contribution in [2.45, 2.75) is 25.7 Å². The van der Waals surface area contributed by atoms with E-state index in [2.05, 4.69) is 12.1 Å². The minimum atomic E-state index is -3.02. The van der Waals surface area contributed by atoms with Crippen LogP contribution in [-0.4, -0.2) is 38.7 Å². The molecule has 0 unspecified atom stereocenters. The largest absolute Gasteiger partial charge is 0.497 e. The zero-order chi connectivity index (χ0) is 13.9. The van der Waals surface area contributed by atoms with Gasteiger partial charge in [0.25, 0.3) is 0 Å². The molecule has 0 radical (unpaired) electrons. The van der Waals surface area contributed by atoms with E-state index in [0.717, 1.165) is 18.6 Å². The standard InChI is InChI=1S/C14H21NO3S/c1-3-19(16,17)15-10-8-13(9-11-15)12-4-6-14(18-2)7-5-12/h4-7,13H,3,8-11H2,1-2H3. The summed E-state index contributed by atoms with van der Waals surface area (Å²) in [6, 6.07) is 8.08. The summed E-state index contributed by atoms with van der Waals surface area (Å²) >= 11 is 0. The Morgan fingerprint density at radius 1 is 1.21 bits per heavy atom. The molecule has 2 rings (SSSR count). The maximum absolute atomic E-state index is 11.8. The molecule has 1 aromatic carbocycles. The van der Waals surface area contributed by atoms with Crippen molar-refractivity contribution in [3.8, 4) is 5.75 Å². The number of benzene rings is 1. The number of hydrogen-bond donors (Lipinski definition) is 0. The molecule has 0 N–H and O–H groups in total. The van der Waals surface area contributed by atoms with Crippen LogP contribution in [0.25, 0.3) is 0 Å². The van der Waals surface area contributed by atoms with E-state index in [-0.39, 0.29) is 5.75 Å². The molecular weight excluding hydrogens is 262 g/mol. The summed E-state index contributed by atoms with van der Waals surface area (Å²) in [5.41, 5.74) is 1.27. The Kier molecular flexibility index (Phi) is 4.47. The molecular formula is C14H21NO3S. The molecule has 0 atom stereocenters. The second-order valence-electron chi connectivity index (χ2n) is 4.85. The minimum absolute atomic E-state index is 0.195. The zero-order valence-corrected chi connectivity index (χ0v) is 12.3.